The maximum absolute atomic E-state index is 12.4. The van der Waals surface area contributed by atoms with Crippen LogP contribution >= 0.6 is 11.6 Å². The molecule has 0 heterocycles. The van der Waals surface area contributed by atoms with Crippen molar-refractivity contribution in [2.24, 2.45) is 0 Å². The molecule has 0 aliphatic carbocycles. The smallest absolute Gasteiger partial charge is 0.345 e. The molecule has 0 aromatic heterocycles. The van der Waals surface area contributed by atoms with Gasteiger partial charge >= 0.3 is 5.97 Å². The number of rotatable bonds is 5. The van der Waals surface area contributed by atoms with E-state index in [1.165, 1.54) is 51.4 Å². The molecule has 0 aliphatic rings. The average molecular weight is 399 g/mol. The van der Waals surface area contributed by atoms with Gasteiger partial charge in [0.05, 0.1) is 20.4 Å². The van der Waals surface area contributed by atoms with Crippen LogP contribution in [0.3, 0.4) is 0 Å². The van der Waals surface area contributed by atoms with Gasteiger partial charge in [-0.2, -0.15) is 0 Å². The Morgan fingerprint density at radius 3 is 2.38 bits per heavy atom. The largest absolute Gasteiger partial charge is 0.423 e. The van der Waals surface area contributed by atoms with Crippen LogP contribution in [0.5, 0.6) is 5.75 Å². The van der Waals surface area contributed by atoms with E-state index in [1.54, 1.807) is 0 Å². The van der Waals surface area contributed by atoms with E-state index in [2.05, 4.69) is 0 Å². The number of hydrogen-bond donors (Lipinski definition) is 0. The summed E-state index contributed by atoms with van der Waals surface area (Å²) in [7, 11) is -1.03. The van der Waals surface area contributed by atoms with Crippen LogP contribution in [0, 0.1) is 17.0 Å². The molecular formula is C16H15ClN2O6S. The molecule has 2 aromatic rings. The number of aryl methyl sites for hydroxylation is 1. The number of halogens is 1. The Hall–Kier alpha value is -2.49. The Morgan fingerprint density at radius 1 is 1.19 bits per heavy atom. The minimum Gasteiger partial charge on any atom is -0.423 e. The minimum atomic E-state index is -3.75. The Morgan fingerprint density at radius 2 is 1.85 bits per heavy atom. The van der Waals surface area contributed by atoms with Crippen LogP contribution in [0.25, 0.3) is 0 Å². The van der Waals surface area contributed by atoms with Gasteiger partial charge in [0.1, 0.15) is 5.75 Å². The zero-order valence-electron chi connectivity index (χ0n) is 14.1. The van der Waals surface area contributed by atoms with Gasteiger partial charge in [-0.05, 0) is 37.3 Å². The topological polar surface area (TPSA) is 107 Å². The predicted molar refractivity (Wildman–Crippen MR) is 95.1 cm³/mol. The van der Waals surface area contributed by atoms with Crippen LogP contribution in [0.2, 0.25) is 5.02 Å². The fraction of sp³-hybridized carbons (Fsp3) is 0.188. The summed E-state index contributed by atoms with van der Waals surface area (Å²) >= 11 is 5.99. The number of esters is 1. The molecule has 2 rings (SSSR count). The molecule has 0 aliphatic heterocycles. The van der Waals surface area contributed by atoms with Crippen molar-refractivity contribution in [3.05, 3.63) is 62.7 Å². The molecule has 138 valence electrons. The lowest BCUT2D eigenvalue weighted by molar-refractivity contribution is -0.385. The van der Waals surface area contributed by atoms with Crippen LogP contribution in [0.4, 0.5) is 5.69 Å². The summed E-state index contributed by atoms with van der Waals surface area (Å²) in [5.41, 5.74) is 0.0721. The normalized spacial score (nSPS) is 11.4. The fourth-order valence-corrected chi connectivity index (χ4v) is 3.21. The molecule has 10 heteroatoms. The Kier molecular flexibility index (Phi) is 5.65. The molecule has 0 fully saturated rings. The number of ether oxygens (including phenoxy) is 1. The van der Waals surface area contributed by atoms with Crippen molar-refractivity contribution in [2.45, 2.75) is 11.8 Å². The molecule has 2 aromatic carbocycles. The monoisotopic (exact) mass is 398 g/mol. The molecule has 0 spiro atoms. The van der Waals surface area contributed by atoms with E-state index >= 15 is 0 Å². The summed E-state index contributed by atoms with van der Waals surface area (Å²) in [5.74, 6) is -0.797. The van der Waals surface area contributed by atoms with Crippen molar-refractivity contribution in [3.8, 4) is 5.75 Å². The number of carbonyl (C=O) groups excluding carboxylic acids is 1. The number of nitrogens with zero attached hydrogens (tertiary/aromatic N) is 2. The van der Waals surface area contributed by atoms with E-state index in [-0.39, 0.29) is 26.9 Å². The van der Waals surface area contributed by atoms with Gasteiger partial charge in [0, 0.05) is 25.7 Å². The zero-order chi connectivity index (χ0) is 19.6. The van der Waals surface area contributed by atoms with Crippen molar-refractivity contribution < 1.29 is 22.9 Å². The first-order valence-electron chi connectivity index (χ1n) is 7.23. The van der Waals surface area contributed by atoms with Gasteiger partial charge in [-0.1, -0.05) is 11.6 Å². The van der Waals surface area contributed by atoms with Crippen molar-refractivity contribution >= 4 is 33.3 Å². The van der Waals surface area contributed by atoms with Gasteiger partial charge in [-0.3, -0.25) is 10.1 Å². The first-order chi connectivity index (χ1) is 12.0. The number of benzene rings is 2. The Labute approximate surface area is 155 Å². The summed E-state index contributed by atoms with van der Waals surface area (Å²) in [5, 5.41) is 10.8. The van der Waals surface area contributed by atoms with E-state index in [0.717, 1.165) is 10.4 Å². The molecule has 26 heavy (non-hydrogen) atoms. The maximum atomic E-state index is 12.4. The number of nitro benzene ring substituents is 1. The number of hydrogen-bond acceptors (Lipinski definition) is 6. The highest BCUT2D eigenvalue weighted by Gasteiger charge is 2.22. The third-order valence-electron chi connectivity index (χ3n) is 3.51. The van der Waals surface area contributed by atoms with Crippen LogP contribution in [0.1, 0.15) is 15.9 Å². The Balaban J connectivity index is 2.36. The van der Waals surface area contributed by atoms with Crippen molar-refractivity contribution in [1.82, 2.24) is 4.31 Å². The van der Waals surface area contributed by atoms with E-state index in [0.29, 0.717) is 5.56 Å². The lowest BCUT2D eigenvalue weighted by Crippen LogP contribution is -2.22. The second kappa shape index (κ2) is 7.40. The molecular weight excluding hydrogens is 384 g/mol. The number of sulfonamides is 1. The van der Waals surface area contributed by atoms with Crippen LogP contribution in [0.15, 0.2) is 41.3 Å². The van der Waals surface area contributed by atoms with Crippen molar-refractivity contribution in [1.29, 1.82) is 0 Å². The summed E-state index contributed by atoms with van der Waals surface area (Å²) in [6.07, 6.45) is 0. The molecule has 0 N–H and O–H groups in total. The fourth-order valence-electron chi connectivity index (χ4n) is 2.09. The van der Waals surface area contributed by atoms with Gasteiger partial charge in [-0.15, -0.1) is 0 Å². The van der Waals surface area contributed by atoms with Crippen molar-refractivity contribution in [2.75, 3.05) is 14.1 Å². The summed E-state index contributed by atoms with van der Waals surface area (Å²) < 4.78 is 30.6. The number of nitro groups is 1. The van der Waals surface area contributed by atoms with Crippen LogP contribution in [-0.2, 0) is 10.0 Å². The molecule has 0 saturated heterocycles. The summed E-state index contributed by atoms with van der Waals surface area (Å²) in [4.78, 5) is 22.5. The first kappa shape index (κ1) is 19.8. The highest BCUT2D eigenvalue weighted by Crippen LogP contribution is 2.26. The third kappa shape index (κ3) is 4.01. The molecule has 0 radical (unpaired) electrons. The molecule has 8 nitrogen and oxygen atoms in total. The summed E-state index contributed by atoms with van der Waals surface area (Å²) in [6.45, 7) is 1.51. The average Bonchev–Trinajstić information content (AvgIpc) is 2.54. The van der Waals surface area contributed by atoms with Gasteiger partial charge in [0.15, 0.2) is 0 Å². The lowest BCUT2D eigenvalue weighted by Gasteiger charge is -2.13. The molecule has 0 amide bonds. The van der Waals surface area contributed by atoms with Gasteiger partial charge < -0.3 is 4.74 Å². The SMILES string of the molecule is Cc1cc(OC(=O)c2cc(S(=O)(=O)N(C)C)ccc2Cl)ccc1[N+](=O)[O-]. The number of carbonyl (C=O) groups is 1. The van der Waals surface area contributed by atoms with Gasteiger partial charge in [-0.25, -0.2) is 17.5 Å². The van der Waals surface area contributed by atoms with E-state index < -0.39 is 20.9 Å². The van der Waals surface area contributed by atoms with Crippen LogP contribution < -0.4 is 4.74 Å². The standard InChI is InChI=1S/C16H15ClN2O6S/c1-10-8-11(4-7-15(10)19(21)22)25-16(20)13-9-12(5-6-14(13)17)26(23,24)18(2)3/h4-9H,1-3H3. The third-order valence-corrected chi connectivity index (χ3v) is 5.65. The second-order valence-corrected chi connectivity index (χ2v) is 8.08. The maximum Gasteiger partial charge on any atom is 0.345 e. The Bertz CT molecular complexity index is 988. The minimum absolute atomic E-state index is 0.0198. The quantitative estimate of drug-likeness (QED) is 0.331. The van der Waals surface area contributed by atoms with Crippen molar-refractivity contribution in [3.63, 3.8) is 0 Å². The molecule has 0 atom stereocenters. The van der Waals surface area contributed by atoms with Crippen LogP contribution in [-0.4, -0.2) is 37.7 Å². The molecule has 0 unspecified atom stereocenters. The summed E-state index contributed by atoms with van der Waals surface area (Å²) in [6, 6.07) is 7.52. The van der Waals surface area contributed by atoms with Gasteiger partial charge in [0.2, 0.25) is 10.0 Å². The zero-order valence-corrected chi connectivity index (χ0v) is 15.7. The van der Waals surface area contributed by atoms with E-state index in [9.17, 15) is 23.3 Å². The molecule has 0 bridgehead atoms. The highest BCUT2D eigenvalue weighted by molar-refractivity contribution is 7.89. The predicted octanol–water partition coefficient (Wildman–Crippen LogP) is 3.03. The van der Waals surface area contributed by atoms with Gasteiger partial charge in [0.25, 0.3) is 5.69 Å². The molecule has 0 saturated carbocycles. The highest BCUT2D eigenvalue weighted by atomic mass is 35.5. The van der Waals surface area contributed by atoms with E-state index in [1.807, 2.05) is 0 Å². The second-order valence-electron chi connectivity index (χ2n) is 5.52. The lowest BCUT2D eigenvalue weighted by atomic mass is 10.2. The van der Waals surface area contributed by atoms with E-state index in [4.69, 9.17) is 16.3 Å². The first-order valence-corrected chi connectivity index (χ1v) is 9.05.